The van der Waals surface area contributed by atoms with Crippen LogP contribution in [-0.4, -0.2) is 62.9 Å². The van der Waals surface area contributed by atoms with Gasteiger partial charge in [0.05, 0.1) is 27.2 Å². The Bertz CT molecular complexity index is 757. The number of rotatable bonds is 8. The van der Waals surface area contributed by atoms with Crippen molar-refractivity contribution in [3.8, 4) is 17.2 Å². The highest BCUT2D eigenvalue weighted by Crippen LogP contribution is 2.43. The lowest BCUT2D eigenvalue weighted by atomic mass is 9.88. The molecule has 1 saturated heterocycles. The highest BCUT2D eigenvalue weighted by atomic mass is 32.1. The first-order valence-corrected chi connectivity index (χ1v) is 10.9. The highest BCUT2D eigenvalue weighted by molar-refractivity contribution is 7.80. The van der Waals surface area contributed by atoms with Gasteiger partial charge in [0.25, 0.3) is 0 Å². The van der Waals surface area contributed by atoms with Gasteiger partial charge in [-0.2, -0.15) is 0 Å². The molecule has 1 aliphatic carbocycles. The van der Waals surface area contributed by atoms with Crippen molar-refractivity contribution in [3.05, 3.63) is 17.7 Å². The van der Waals surface area contributed by atoms with Gasteiger partial charge in [0.2, 0.25) is 11.7 Å². The molecule has 1 saturated carbocycles. The van der Waals surface area contributed by atoms with Crippen molar-refractivity contribution in [2.45, 2.75) is 38.6 Å². The van der Waals surface area contributed by atoms with Crippen LogP contribution < -0.4 is 24.8 Å². The standard InChI is InChI=1S/C22H33N3O4S/c1-13(2)24-22(30)25-11-16(17(12-25)21(26)23-10-14-6-7-14)15-8-18(27-3)20(29-5)19(9-15)28-4/h8-9,13-14,16-17H,6-7,10-12H2,1-5H3,(H,23,26)(H,24,30)/t16-,17-/m1/s1. The third-order valence-corrected chi connectivity index (χ3v) is 6.11. The Morgan fingerprint density at radius 2 is 1.77 bits per heavy atom. The largest absolute Gasteiger partial charge is 0.493 e. The number of ether oxygens (including phenoxy) is 3. The summed E-state index contributed by atoms with van der Waals surface area (Å²) < 4.78 is 16.5. The molecule has 1 amide bonds. The number of carbonyl (C=O) groups excluding carboxylic acids is 1. The maximum Gasteiger partial charge on any atom is 0.225 e. The fourth-order valence-corrected chi connectivity index (χ4v) is 4.31. The molecule has 0 spiro atoms. The minimum absolute atomic E-state index is 0.0372. The number of nitrogens with zero attached hydrogens (tertiary/aromatic N) is 1. The lowest BCUT2D eigenvalue weighted by molar-refractivity contribution is -0.125. The van der Waals surface area contributed by atoms with Crippen LogP contribution in [0.1, 0.15) is 38.2 Å². The maximum absolute atomic E-state index is 13.1. The van der Waals surface area contributed by atoms with Gasteiger partial charge < -0.3 is 29.7 Å². The zero-order chi connectivity index (χ0) is 21.8. The van der Waals surface area contributed by atoms with Gasteiger partial charge in [-0.1, -0.05) is 0 Å². The van der Waals surface area contributed by atoms with E-state index in [2.05, 4.69) is 29.4 Å². The van der Waals surface area contributed by atoms with Crippen molar-refractivity contribution in [2.24, 2.45) is 11.8 Å². The monoisotopic (exact) mass is 435 g/mol. The van der Waals surface area contributed by atoms with Gasteiger partial charge in [0, 0.05) is 31.6 Å². The molecule has 0 radical (unpaired) electrons. The molecular formula is C22H33N3O4S. The van der Waals surface area contributed by atoms with Crippen LogP contribution >= 0.6 is 12.2 Å². The zero-order valence-corrected chi connectivity index (χ0v) is 19.3. The molecule has 166 valence electrons. The van der Waals surface area contributed by atoms with Gasteiger partial charge >= 0.3 is 0 Å². The quantitative estimate of drug-likeness (QED) is 0.608. The zero-order valence-electron chi connectivity index (χ0n) is 18.5. The number of benzene rings is 1. The van der Waals surface area contributed by atoms with E-state index in [1.807, 2.05) is 12.1 Å². The SMILES string of the molecule is COc1cc([C@H]2CN(C(=S)NC(C)C)C[C@H]2C(=O)NCC2CC2)cc(OC)c1OC. The smallest absolute Gasteiger partial charge is 0.225 e. The highest BCUT2D eigenvalue weighted by Gasteiger charge is 2.40. The molecule has 7 nitrogen and oxygen atoms in total. The second-order valence-electron chi connectivity index (χ2n) is 8.37. The number of thiocarbonyl (C=S) groups is 1. The van der Waals surface area contributed by atoms with Gasteiger partial charge in [-0.15, -0.1) is 0 Å². The van der Waals surface area contributed by atoms with E-state index >= 15 is 0 Å². The average molecular weight is 436 g/mol. The van der Waals surface area contributed by atoms with Crippen LogP contribution in [0.5, 0.6) is 17.2 Å². The molecule has 2 fully saturated rings. The number of amides is 1. The molecule has 1 heterocycles. The number of nitrogens with one attached hydrogen (secondary N) is 2. The second kappa shape index (κ2) is 9.73. The summed E-state index contributed by atoms with van der Waals surface area (Å²) in [7, 11) is 4.79. The lowest BCUT2D eigenvalue weighted by Crippen LogP contribution is -2.42. The minimum Gasteiger partial charge on any atom is -0.493 e. The lowest BCUT2D eigenvalue weighted by Gasteiger charge is -2.22. The Kier molecular flexibility index (Phi) is 7.28. The van der Waals surface area contributed by atoms with E-state index in [-0.39, 0.29) is 23.8 Å². The maximum atomic E-state index is 13.1. The molecule has 0 unspecified atom stereocenters. The van der Waals surface area contributed by atoms with Crippen molar-refractivity contribution in [3.63, 3.8) is 0 Å². The van der Waals surface area contributed by atoms with Crippen LogP contribution in [-0.2, 0) is 4.79 Å². The van der Waals surface area contributed by atoms with E-state index < -0.39 is 0 Å². The Balaban J connectivity index is 1.89. The van der Waals surface area contributed by atoms with Crippen molar-refractivity contribution < 1.29 is 19.0 Å². The minimum atomic E-state index is -0.210. The normalized spacial score (nSPS) is 20.8. The van der Waals surface area contributed by atoms with Gasteiger partial charge in [-0.3, -0.25) is 4.79 Å². The van der Waals surface area contributed by atoms with Crippen LogP contribution in [0.2, 0.25) is 0 Å². The van der Waals surface area contributed by atoms with E-state index in [0.717, 1.165) is 12.1 Å². The fraction of sp³-hybridized carbons (Fsp3) is 0.636. The van der Waals surface area contributed by atoms with Gasteiger partial charge in [0.1, 0.15) is 0 Å². The molecule has 0 aromatic heterocycles. The average Bonchev–Trinajstić information content (AvgIpc) is 3.45. The first-order chi connectivity index (χ1) is 14.4. The number of hydrogen-bond acceptors (Lipinski definition) is 5. The summed E-state index contributed by atoms with van der Waals surface area (Å²) in [4.78, 5) is 15.2. The molecular weight excluding hydrogens is 402 g/mol. The third-order valence-electron chi connectivity index (χ3n) is 5.73. The van der Waals surface area contributed by atoms with E-state index in [4.69, 9.17) is 26.4 Å². The Morgan fingerprint density at radius 1 is 1.13 bits per heavy atom. The number of hydrogen-bond donors (Lipinski definition) is 2. The van der Waals surface area contributed by atoms with Crippen molar-refractivity contribution in [2.75, 3.05) is 41.0 Å². The molecule has 8 heteroatoms. The summed E-state index contributed by atoms with van der Waals surface area (Å²) in [5, 5.41) is 7.13. The predicted octanol–water partition coefficient (Wildman–Crippen LogP) is 2.54. The van der Waals surface area contributed by atoms with Gasteiger partial charge in [-0.25, -0.2) is 0 Å². The first kappa shape index (κ1) is 22.5. The van der Waals surface area contributed by atoms with E-state index in [1.54, 1.807) is 21.3 Å². The van der Waals surface area contributed by atoms with Crippen molar-refractivity contribution in [1.82, 2.24) is 15.5 Å². The molecule has 0 bridgehead atoms. The summed E-state index contributed by atoms with van der Waals surface area (Å²) in [6.45, 7) is 6.10. The van der Waals surface area contributed by atoms with Gasteiger partial charge in [-0.05, 0) is 62.5 Å². The summed E-state index contributed by atoms with van der Waals surface area (Å²) >= 11 is 5.60. The molecule has 1 aromatic carbocycles. The van der Waals surface area contributed by atoms with Crippen LogP contribution in [0, 0.1) is 11.8 Å². The Hall–Kier alpha value is -2.22. The summed E-state index contributed by atoms with van der Waals surface area (Å²) in [6.07, 6.45) is 2.41. The molecule has 1 aromatic rings. The Morgan fingerprint density at radius 3 is 2.27 bits per heavy atom. The molecule has 3 rings (SSSR count). The molecule has 30 heavy (non-hydrogen) atoms. The molecule has 2 N–H and O–H groups in total. The van der Waals surface area contributed by atoms with Crippen molar-refractivity contribution in [1.29, 1.82) is 0 Å². The number of likely N-dealkylation sites (tertiary alicyclic amines) is 1. The fourth-order valence-electron chi connectivity index (χ4n) is 3.92. The van der Waals surface area contributed by atoms with Crippen LogP contribution in [0.4, 0.5) is 0 Å². The van der Waals surface area contributed by atoms with Gasteiger partial charge in [0.15, 0.2) is 16.6 Å². The second-order valence-corrected chi connectivity index (χ2v) is 8.76. The molecule has 2 atom stereocenters. The predicted molar refractivity (Wildman–Crippen MR) is 121 cm³/mol. The Labute approximate surface area is 184 Å². The molecule has 2 aliphatic rings. The van der Waals surface area contributed by atoms with Crippen LogP contribution in [0.3, 0.4) is 0 Å². The van der Waals surface area contributed by atoms with E-state index in [1.165, 1.54) is 12.8 Å². The number of methoxy groups -OCH3 is 3. The van der Waals surface area contributed by atoms with Crippen LogP contribution in [0.15, 0.2) is 12.1 Å². The van der Waals surface area contributed by atoms with Crippen molar-refractivity contribution >= 4 is 23.2 Å². The number of carbonyl (C=O) groups is 1. The molecule has 1 aliphatic heterocycles. The third kappa shape index (κ3) is 5.09. The first-order valence-electron chi connectivity index (χ1n) is 10.5. The summed E-state index contributed by atoms with van der Waals surface area (Å²) in [5.41, 5.74) is 0.978. The summed E-state index contributed by atoms with van der Waals surface area (Å²) in [5.74, 6) is 2.19. The topological polar surface area (TPSA) is 72.1 Å². The van der Waals surface area contributed by atoms with E-state index in [9.17, 15) is 4.79 Å². The summed E-state index contributed by atoms with van der Waals surface area (Å²) in [6, 6.07) is 4.12. The van der Waals surface area contributed by atoms with E-state index in [0.29, 0.717) is 41.4 Å². The van der Waals surface area contributed by atoms with Crippen LogP contribution in [0.25, 0.3) is 0 Å².